The molecule has 9 heteroatoms. The summed E-state index contributed by atoms with van der Waals surface area (Å²) in [4.78, 5) is 24.1. The monoisotopic (exact) mass is 374 g/mol. The average Bonchev–Trinajstić information content (AvgIpc) is 2.54. The molecule has 0 radical (unpaired) electrons. The maximum absolute atomic E-state index is 12.9. The SMILES string of the molecule is CCCN(CC(=O)O)C(=O)CCCN(C)S(=O)(=O)c1ccc(F)cc1. The molecule has 140 valence electrons. The van der Waals surface area contributed by atoms with E-state index >= 15 is 0 Å². The Hall–Kier alpha value is -2.00. The zero-order valence-electron chi connectivity index (χ0n) is 14.3. The molecule has 1 aromatic rings. The largest absolute Gasteiger partial charge is 0.480 e. The second-order valence-corrected chi connectivity index (χ2v) is 7.64. The molecule has 1 rings (SSSR count). The lowest BCUT2D eigenvalue weighted by Gasteiger charge is -2.21. The number of nitrogens with zero attached hydrogens (tertiary/aromatic N) is 2. The van der Waals surface area contributed by atoms with E-state index in [0.29, 0.717) is 13.0 Å². The predicted octanol–water partition coefficient (Wildman–Crippen LogP) is 1.55. The third kappa shape index (κ3) is 6.43. The molecule has 0 unspecified atom stereocenters. The summed E-state index contributed by atoms with van der Waals surface area (Å²) in [5.41, 5.74) is 0. The molecule has 0 heterocycles. The standard InChI is InChI=1S/C16H23FN2O5S/c1-3-10-19(12-16(21)22)15(20)5-4-11-18(2)25(23,24)14-8-6-13(17)7-9-14/h6-9H,3-5,10-12H2,1-2H3,(H,21,22). The molecule has 0 spiro atoms. The van der Waals surface area contributed by atoms with Gasteiger partial charge in [-0.1, -0.05) is 6.92 Å². The zero-order chi connectivity index (χ0) is 19.0. The summed E-state index contributed by atoms with van der Waals surface area (Å²) in [5.74, 6) is -1.93. The van der Waals surface area contributed by atoms with Gasteiger partial charge in [0.15, 0.2) is 0 Å². The quantitative estimate of drug-likeness (QED) is 0.670. The van der Waals surface area contributed by atoms with Crippen LogP contribution in [0.15, 0.2) is 29.2 Å². The van der Waals surface area contributed by atoms with E-state index in [1.165, 1.54) is 24.1 Å². The number of carbonyl (C=O) groups is 2. The van der Waals surface area contributed by atoms with Crippen LogP contribution in [-0.2, 0) is 19.6 Å². The van der Waals surface area contributed by atoms with E-state index in [1.807, 2.05) is 6.92 Å². The molecule has 1 aromatic carbocycles. The first kappa shape index (κ1) is 21.0. The molecular weight excluding hydrogens is 351 g/mol. The van der Waals surface area contributed by atoms with Crippen molar-refractivity contribution in [3.8, 4) is 0 Å². The number of aliphatic carboxylic acids is 1. The topological polar surface area (TPSA) is 95.0 Å². The van der Waals surface area contributed by atoms with Gasteiger partial charge in [0.25, 0.3) is 0 Å². The number of hydrogen-bond donors (Lipinski definition) is 1. The van der Waals surface area contributed by atoms with Crippen LogP contribution >= 0.6 is 0 Å². The average molecular weight is 374 g/mol. The van der Waals surface area contributed by atoms with Gasteiger partial charge in [0, 0.05) is 26.6 Å². The number of benzene rings is 1. The fraction of sp³-hybridized carbons (Fsp3) is 0.500. The predicted molar refractivity (Wildman–Crippen MR) is 90.0 cm³/mol. The van der Waals surface area contributed by atoms with Gasteiger partial charge in [0.2, 0.25) is 15.9 Å². The van der Waals surface area contributed by atoms with Gasteiger partial charge in [-0.15, -0.1) is 0 Å². The summed E-state index contributed by atoms with van der Waals surface area (Å²) in [6.07, 6.45) is 0.948. The summed E-state index contributed by atoms with van der Waals surface area (Å²) in [7, 11) is -2.38. The minimum absolute atomic E-state index is 0.0267. The van der Waals surface area contributed by atoms with Gasteiger partial charge in [-0.3, -0.25) is 9.59 Å². The molecular formula is C16H23FN2O5S. The fourth-order valence-electron chi connectivity index (χ4n) is 2.24. The van der Waals surface area contributed by atoms with Crippen LogP contribution in [0.5, 0.6) is 0 Å². The number of halogens is 1. The van der Waals surface area contributed by atoms with E-state index < -0.39 is 21.8 Å². The summed E-state index contributed by atoms with van der Waals surface area (Å²) in [5, 5.41) is 8.82. The highest BCUT2D eigenvalue weighted by molar-refractivity contribution is 7.89. The number of rotatable bonds is 10. The number of hydrogen-bond acceptors (Lipinski definition) is 4. The molecule has 0 aliphatic carbocycles. The second-order valence-electron chi connectivity index (χ2n) is 5.59. The van der Waals surface area contributed by atoms with E-state index in [4.69, 9.17) is 5.11 Å². The second kappa shape index (κ2) is 9.47. The Morgan fingerprint density at radius 3 is 2.28 bits per heavy atom. The molecule has 0 atom stereocenters. The first-order valence-corrected chi connectivity index (χ1v) is 9.34. The maximum atomic E-state index is 12.9. The molecule has 0 aliphatic rings. The number of amides is 1. The van der Waals surface area contributed by atoms with Crippen molar-refractivity contribution in [2.24, 2.45) is 0 Å². The Morgan fingerprint density at radius 2 is 1.76 bits per heavy atom. The van der Waals surface area contributed by atoms with Crippen molar-refractivity contribution in [2.75, 3.05) is 26.7 Å². The van der Waals surface area contributed by atoms with E-state index in [-0.39, 0.29) is 36.7 Å². The van der Waals surface area contributed by atoms with E-state index in [9.17, 15) is 22.4 Å². The normalized spacial score (nSPS) is 11.5. The highest BCUT2D eigenvalue weighted by atomic mass is 32.2. The van der Waals surface area contributed by atoms with Crippen molar-refractivity contribution in [1.82, 2.24) is 9.21 Å². The summed E-state index contributed by atoms with van der Waals surface area (Å²) < 4.78 is 38.7. The molecule has 0 aromatic heterocycles. The molecule has 0 saturated carbocycles. The third-order valence-electron chi connectivity index (χ3n) is 3.56. The molecule has 0 fully saturated rings. The minimum Gasteiger partial charge on any atom is -0.480 e. The van der Waals surface area contributed by atoms with Crippen LogP contribution < -0.4 is 0 Å². The van der Waals surface area contributed by atoms with E-state index in [1.54, 1.807) is 0 Å². The molecule has 0 bridgehead atoms. The zero-order valence-corrected chi connectivity index (χ0v) is 15.1. The van der Waals surface area contributed by atoms with Gasteiger partial charge in [-0.25, -0.2) is 17.1 Å². The van der Waals surface area contributed by atoms with Crippen LogP contribution in [0.4, 0.5) is 4.39 Å². The lowest BCUT2D eigenvalue weighted by molar-refractivity contribution is -0.144. The highest BCUT2D eigenvalue weighted by Gasteiger charge is 2.21. The van der Waals surface area contributed by atoms with Crippen LogP contribution in [0.3, 0.4) is 0 Å². The van der Waals surface area contributed by atoms with Gasteiger partial charge >= 0.3 is 5.97 Å². The van der Waals surface area contributed by atoms with Gasteiger partial charge in [0.1, 0.15) is 12.4 Å². The van der Waals surface area contributed by atoms with E-state index in [0.717, 1.165) is 16.4 Å². The minimum atomic E-state index is -3.76. The number of carboxylic acid groups (broad SMARTS) is 1. The van der Waals surface area contributed by atoms with Crippen LogP contribution in [0.25, 0.3) is 0 Å². The first-order valence-electron chi connectivity index (χ1n) is 7.90. The Bertz CT molecular complexity index is 691. The first-order chi connectivity index (χ1) is 11.7. The molecule has 0 aliphatic heterocycles. The lowest BCUT2D eigenvalue weighted by atomic mass is 10.2. The van der Waals surface area contributed by atoms with Crippen LogP contribution in [-0.4, -0.2) is 61.3 Å². The summed E-state index contributed by atoms with van der Waals surface area (Å²) in [6, 6.07) is 4.50. The third-order valence-corrected chi connectivity index (χ3v) is 5.43. The van der Waals surface area contributed by atoms with Crippen LogP contribution in [0.2, 0.25) is 0 Å². The van der Waals surface area contributed by atoms with Crippen molar-refractivity contribution in [1.29, 1.82) is 0 Å². The van der Waals surface area contributed by atoms with Gasteiger partial charge in [-0.05, 0) is 37.1 Å². The number of carbonyl (C=O) groups excluding carboxylic acids is 1. The Balaban J connectivity index is 2.60. The van der Waals surface area contributed by atoms with Crippen molar-refractivity contribution >= 4 is 21.9 Å². The fourth-order valence-corrected chi connectivity index (χ4v) is 3.45. The molecule has 0 saturated heterocycles. The Kier molecular flexibility index (Phi) is 7.98. The molecule has 1 N–H and O–H groups in total. The Labute approximate surface area is 147 Å². The van der Waals surface area contributed by atoms with Crippen molar-refractivity contribution < 1.29 is 27.5 Å². The van der Waals surface area contributed by atoms with Crippen molar-refractivity contribution in [2.45, 2.75) is 31.1 Å². The maximum Gasteiger partial charge on any atom is 0.323 e. The van der Waals surface area contributed by atoms with Crippen LogP contribution in [0.1, 0.15) is 26.2 Å². The lowest BCUT2D eigenvalue weighted by Crippen LogP contribution is -2.36. The summed E-state index contributed by atoms with van der Waals surface area (Å²) >= 11 is 0. The van der Waals surface area contributed by atoms with Gasteiger partial charge in [-0.2, -0.15) is 0 Å². The molecule has 1 amide bonds. The highest BCUT2D eigenvalue weighted by Crippen LogP contribution is 2.15. The van der Waals surface area contributed by atoms with Crippen molar-refractivity contribution in [3.05, 3.63) is 30.1 Å². The van der Waals surface area contributed by atoms with Crippen molar-refractivity contribution in [3.63, 3.8) is 0 Å². The van der Waals surface area contributed by atoms with Gasteiger partial charge in [0.05, 0.1) is 4.90 Å². The molecule has 25 heavy (non-hydrogen) atoms. The van der Waals surface area contributed by atoms with Crippen LogP contribution in [0, 0.1) is 5.82 Å². The summed E-state index contributed by atoms with van der Waals surface area (Å²) in [6.45, 7) is 1.91. The molecule has 7 nitrogen and oxygen atoms in total. The Morgan fingerprint density at radius 1 is 1.16 bits per heavy atom. The number of carboxylic acids is 1. The van der Waals surface area contributed by atoms with E-state index in [2.05, 4.69) is 0 Å². The smallest absolute Gasteiger partial charge is 0.323 e. The van der Waals surface area contributed by atoms with Gasteiger partial charge < -0.3 is 10.0 Å². The number of sulfonamides is 1.